The van der Waals surface area contributed by atoms with E-state index in [1.54, 1.807) is 6.21 Å². The van der Waals surface area contributed by atoms with Gasteiger partial charge in [-0.15, -0.1) is 0 Å². The summed E-state index contributed by atoms with van der Waals surface area (Å²) in [4.78, 5) is 7.71. The van der Waals surface area contributed by atoms with Gasteiger partial charge in [0, 0.05) is 18.8 Å². The Hall–Kier alpha value is -3.07. The van der Waals surface area contributed by atoms with Crippen molar-refractivity contribution in [3.8, 4) is 0 Å². The van der Waals surface area contributed by atoms with Gasteiger partial charge in [0.2, 0.25) is 0 Å². The summed E-state index contributed by atoms with van der Waals surface area (Å²) in [7, 11) is 0. The molecular formula is C23H24N2O. The number of nitrogens with zero attached hydrogens (tertiary/aromatic N) is 2. The predicted octanol–water partition coefficient (Wildman–Crippen LogP) is 5.26. The first-order valence-corrected chi connectivity index (χ1v) is 8.93. The van der Waals surface area contributed by atoms with Crippen LogP contribution in [-0.4, -0.2) is 12.8 Å². The highest BCUT2D eigenvalue weighted by atomic mass is 16.6. The highest BCUT2D eigenvalue weighted by Crippen LogP contribution is 2.17. The van der Waals surface area contributed by atoms with E-state index in [2.05, 4.69) is 65.5 Å². The zero-order chi connectivity index (χ0) is 18.0. The maximum Gasteiger partial charge on any atom is 0.142 e. The largest absolute Gasteiger partial charge is 0.391 e. The summed E-state index contributed by atoms with van der Waals surface area (Å²) >= 11 is 0. The fraction of sp³-hybridized carbons (Fsp3) is 0.174. The van der Waals surface area contributed by atoms with Crippen molar-refractivity contribution in [2.24, 2.45) is 5.16 Å². The number of anilines is 1. The third-order valence-corrected chi connectivity index (χ3v) is 4.21. The SMILES string of the molecule is CCN(Cc1ccccc1)c1ccc(C=NOCc2ccccc2)cc1. The quantitative estimate of drug-likeness (QED) is 0.411. The lowest BCUT2D eigenvalue weighted by Gasteiger charge is -2.23. The van der Waals surface area contributed by atoms with Gasteiger partial charge < -0.3 is 9.74 Å². The van der Waals surface area contributed by atoms with E-state index in [4.69, 9.17) is 4.84 Å². The first kappa shape index (κ1) is 17.7. The summed E-state index contributed by atoms with van der Waals surface area (Å²) in [5, 5.41) is 4.06. The van der Waals surface area contributed by atoms with Crippen LogP contribution in [0.25, 0.3) is 0 Å². The average molecular weight is 344 g/mol. The molecular weight excluding hydrogens is 320 g/mol. The maximum atomic E-state index is 5.36. The lowest BCUT2D eigenvalue weighted by molar-refractivity contribution is 0.132. The Morgan fingerprint density at radius 1 is 0.808 bits per heavy atom. The average Bonchev–Trinajstić information content (AvgIpc) is 2.71. The smallest absolute Gasteiger partial charge is 0.142 e. The van der Waals surface area contributed by atoms with Crippen molar-refractivity contribution in [2.45, 2.75) is 20.1 Å². The fourth-order valence-corrected chi connectivity index (χ4v) is 2.74. The molecule has 3 rings (SSSR count). The first-order valence-electron chi connectivity index (χ1n) is 8.93. The number of benzene rings is 3. The Labute approximate surface area is 155 Å². The molecule has 0 spiro atoms. The van der Waals surface area contributed by atoms with Gasteiger partial charge >= 0.3 is 0 Å². The van der Waals surface area contributed by atoms with Gasteiger partial charge in [-0.3, -0.25) is 0 Å². The van der Waals surface area contributed by atoms with Crippen LogP contribution in [0.4, 0.5) is 5.69 Å². The number of oxime groups is 1. The molecule has 0 unspecified atom stereocenters. The Morgan fingerprint density at radius 3 is 2.04 bits per heavy atom. The zero-order valence-corrected chi connectivity index (χ0v) is 15.1. The van der Waals surface area contributed by atoms with Crippen LogP contribution in [0, 0.1) is 0 Å². The predicted molar refractivity (Wildman–Crippen MR) is 108 cm³/mol. The molecule has 0 aliphatic rings. The molecule has 0 saturated heterocycles. The van der Waals surface area contributed by atoms with Gasteiger partial charge in [-0.1, -0.05) is 78.0 Å². The van der Waals surface area contributed by atoms with Crippen molar-refractivity contribution in [2.75, 3.05) is 11.4 Å². The minimum absolute atomic E-state index is 0.482. The Morgan fingerprint density at radius 2 is 1.42 bits per heavy atom. The van der Waals surface area contributed by atoms with Gasteiger partial charge in [-0.2, -0.15) is 0 Å². The standard InChI is InChI=1S/C23H24N2O/c1-2-25(18-21-9-5-3-6-10-21)23-15-13-20(14-16-23)17-24-26-19-22-11-7-4-8-12-22/h3-17H,2,18-19H2,1H3. The van der Waals surface area contributed by atoms with E-state index >= 15 is 0 Å². The van der Waals surface area contributed by atoms with Gasteiger partial charge in [-0.25, -0.2) is 0 Å². The van der Waals surface area contributed by atoms with Crippen molar-refractivity contribution in [3.63, 3.8) is 0 Å². The Kier molecular flexibility index (Phi) is 6.43. The van der Waals surface area contributed by atoms with Crippen molar-refractivity contribution >= 4 is 11.9 Å². The molecule has 0 aliphatic heterocycles. The van der Waals surface area contributed by atoms with E-state index in [0.717, 1.165) is 24.2 Å². The summed E-state index contributed by atoms with van der Waals surface area (Å²) in [6, 6.07) is 29.0. The van der Waals surface area contributed by atoms with Crippen LogP contribution in [0.15, 0.2) is 90.1 Å². The van der Waals surface area contributed by atoms with Crippen LogP contribution in [0.2, 0.25) is 0 Å². The fourth-order valence-electron chi connectivity index (χ4n) is 2.74. The van der Waals surface area contributed by atoms with Crippen LogP contribution in [0.3, 0.4) is 0 Å². The van der Waals surface area contributed by atoms with E-state index in [-0.39, 0.29) is 0 Å². The van der Waals surface area contributed by atoms with Gasteiger partial charge in [0.25, 0.3) is 0 Å². The van der Waals surface area contributed by atoms with E-state index in [1.807, 2.05) is 36.4 Å². The van der Waals surface area contributed by atoms with E-state index in [0.29, 0.717) is 6.61 Å². The topological polar surface area (TPSA) is 24.8 Å². The molecule has 0 bridgehead atoms. The Balaban J connectivity index is 1.56. The minimum atomic E-state index is 0.482. The molecule has 0 N–H and O–H groups in total. The summed E-state index contributed by atoms with van der Waals surface area (Å²) in [6.07, 6.45) is 1.75. The van der Waals surface area contributed by atoms with E-state index in [1.165, 1.54) is 11.3 Å². The van der Waals surface area contributed by atoms with Crippen molar-refractivity contribution in [1.29, 1.82) is 0 Å². The normalized spacial score (nSPS) is 10.8. The molecule has 132 valence electrons. The molecule has 0 radical (unpaired) electrons. The highest BCUT2D eigenvalue weighted by molar-refractivity contribution is 5.79. The van der Waals surface area contributed by atoms with Gasteiger partial charge in [0.15, 0.2) is 0 Å². The lowest BCUT2D eigenvalue weighted by Crippen LogP contribution is -2.21. The van der Waals surface area contributed by atoms with Crippen LogP contribution < -0.4 is 4.90 Å². The third-order valence-electron chi connectivity index (χ3n) is 4.21. The molecule has 3 heteroatoms. The minimum Gasteiger partial charge on any atom is -0.391 e. The number of hydrogen-bond donors (Lipinski definition) is 0. The second-order valence-electron chi connectivity index (χ2n) is 6.08. The molecule has 0 saturated carbocycles. The Bertz CT molecular complexity index is 799. The monoisotopic (exact) mass is 344 g/mol. The molecule has 26 heavy (non-hydrogen) atoms. The molecule has 0 fully saturated rings. The summed E-state index contributed by atoms with van der Waals surface area (Å²) in [5.41, 5.74) is 4.66. The van der Waals surface area contributed by atoms with Crippen molar-refractivity contribution < 1.29 is 4.84 Å². The first-order chi connectivity index (χ1) is 12.8. The third kappa shape index (κ3) is 5.21. The molecule has 3 aromatic carbocycles. The summed E-state index contributed by atoms with van der Waals surface area (Å²) < 4.78 is 0. The molecule has 0 aromatic heterocycles. The van der Waals surface area contributed by atoms with Crippen LogP contribution >= 0.6 is 0 Å². The van der Waals surface area contributed by atoms with Gasteiger partial charge in [0.1, 0.15) is 6.61 Å². The highest BCUT2D eigenvalue weighted by Gasteiger charge is 2.05. The van der Waals surface area contributed by atoms with Gasteiger partial charge in [-0.05, 0) is 35.7 Å². The molecule has 0 atom stereocenters. The molecule has 0 amide bonds. The van der Waals surface area contributed by atoms with E-state index in [9.17, 15) is 0 Å². The number of hydrogen-bond acceptors (Lipinski definition) is 3. The molecule has 3 nitrogen and oxygen atoms in total. The molecule has 0 heterocycles. The van der Waals surface area contributed by atoms with Crippen LogP contribution in [0.5, 0.6) is 0 Å². The molecule has 0 aliphatic carbocycles. The lowest BCUT2D eigenvalue weighted by atomic mass is 10.1. The maximum absolute atomic E-state index is 5.36. The number of rotatable bonds is 8. The van der Waals surface area contributed by atoms with Gasteiger partial charge in [0.05, 0.1) is 6.21 Å². The zero-order valence-electron chi connectivity index (χ0n) is 15.1. The van der Waals surface area contributed by atoms with E-state index < -0.39 is 0 Å². The molecule has 3 aromatic rings. The van der Waals surface area contributed by atoms with Crippen LogP contribution in [-0.2, 0) is 18.0 Å². The summed E-state index contributed by atoms with van der Waals surface area (Å²) in [5.74, 6) is 0. The van der Waals surface area contributed by atoms with Crippen molar-refractivity contribution in [1.82, 2.24) is 0 Å². The second kappa shape index (κ2) is 9.42. The van der Waals surface area contributed by atoms with Crippen LogP contribution in [0.1, 0.15) is 23.6 Å². The van der Waals surface area contributed by atoms with Crippen molar-refractivity contribution in [3.05, 3.63) is 102 Å². The second-order valence-corrected chi connectivity index (χ2v) is 6.08. The summed E-state index contributed by atoms with van der Waals surface area (Å²) in [6.45, 7) is 4.53.